The fourth-order valence-corrected chi connectivity index (χ4v) is 8.99. The Hall–Kier alpha value is -0.750. The number of hydrogen-bond acceptors (Lipinski definition) is 5. The quantitative estimate of drug-likeness (QED) is 0.527. The summed E-state index contributed by atoms with van der Waals surface area (Å²) >= 11 is 0. The van der Waals surface area contributed by atoms with E-state index in [0.29, 0.717) is 35.0 Å². The first-order valence-corrected chi connectivity index (χ1v) is 11.7. The first kappa shape index (κ1) is 17.9. The number of ether oxygens (including phenoxy) is 4. The second-order valence-corrected chi connectivity index (χ2v) is 11.3. The van der Waals surface area contributed by atoms with E-state index in [1.54, 1.807) is 0 Å². The molecular weight excluding hydrogens is 368 g/mol. The van der Waals surface area contributed by atoms with Gasteiger partial charge in [0.25, 0.3) is 0 Å². The molecule has 11 atom stereocenters. The van der Waals surface area contributed by atoms with Crippen LogP contribution in [0.3, 0.4) is 0 Å². The van der Waals surface area contributed by atoms with Crippen LogP contribution in [0, 0.1) is 40.4 Å². The van der Waals surface area contributed by atoms with E-state index in [1.165, 1.54) is 25.7 Å². The summed E-state index contributed by atoms with van der Waals surface area (Å²) in [6, 6.07) is 0. The molecule has 3 heterocycles. The Kier molecular flexibility index (Phi) is 3.30. The monoisotopic (exact) mass is 400 g/mol. The lowest BCUT2D eigenvalue weighted by Crippen LogP contribution is -2.59. The third-order valence-corrected chi connectivity index (χ3v) is 10.6. The van der Waals surface area contributed by atoms with Gasteiger partial charge in [-0.1, -0.05) is 32.9 Å². The van der Waals surface area contributed by atoms with Crippen LogP contribution in [0.1, 0.15) is 46.5 Å². The van der Waals surface area contributed by atoms with Crippen molar-refractivity contribution >= 4 is 5.78 Å². The molecule has 0 amide bonds. The van der Waals surface area contributed by atoms with E-state index in [-0.39, 0.29) is 41.4 Å². The second kappa shape index (κ2) is 5.35. The molecule has 0 bridgehead atoms. The van der Waals surface area contributed by atoms with Crippen LogP contribution >= 0.6 is 0 Å². The lowest BCUT2D eigenvalue weighted by molar-refractivity contribution is -0.125. The summed E-state index contributed by atoms with van der Waals surface area (Å²) in [6.45, 7) is 8.71. The molecule has 1 spiro atoms. The third-order valence-electron chi connectivity index (χ3n) is 10.6. The van der Waals surface area contributed by atoms with Gasteiger partial charge in [-0.15, -0.1) is 0 Å². The molecule has 3 aliphatic heterocycles. The van der Waals surface area contributed by atoms with Crippen molar-refractivity contribution in [3.8, 4) is 0 Å². The summed E-state index contributed by atoms with van der Waals surface area (Å²) < 4.78 is 23.9. The Morgan fingerprint density at radius 3 is 2.69 bits per heavy atom. The van der Waals surface area contributed by atoms with Gasteiger partial charge >= 0.3 is 0 Å². The minimum Gasteiger partial charge on any atom is -0.360 e. The Morgan fingerprint density at radius 2 is 1.90 bits per heavy atom. The lowest BCUT2D eigenvalue weighted by Gasteiger charge is -2.57. The summed E-state index contributed by atoms with van der Waals surface area (Å²) in [5.41, 5.74) is -0.106. The molecule has 0 aromatic heterocycles. The maximum atomic E-state index is 12.5. The summed E-state index contributed by atoms with van der Waals surface area (Å²) in [6.07, 6.45) is 9.30. The first-order chi connectivity index (χ1) is 13.9. The number of allylic oxidation sites excluding steroid dienone is 1. The Bertz CT molecular complexity index is 803. The van der Waals surface area contributed by atoms with E-state index >= 15 is 0 Å². The number of rotatable bonds is 2. The van der Waals surface area contributed by atoms with Gasteiger partial charge in [0.15, 0.2) is 18.2 Å². The summed E-state index contributed by atoms with van der Waals surface area (Å²) in [7, 11) is 0. The zero-order chi connectivity index (χ0) is 19.8. The fourth-order valence-electron chi connectivity index (χ4n) is 8.99. The predicted molar refractivity (Wildman–Crippen MR) is 104 cm³/mol. The molecule has 3 saturated carbocycles. The van der Waals surface area contributed by atoms with Crippen LogP contribution in [0.2, 0.25) is 0 Å². The molecule has 6 fully saturated rings. The number of carbonyl (C=O) groups excluding carboxylic acids is 1. The average Bonchev–Trinajstić information content (AvgIpc) is 3.56. The molecular formula is C24H32O5. The van der Waals surface area contributed by atoms with Gasteiger partial charge in [-0.25, -0.2) is 0 Å². The van der Waals surface area contributed by atoms with Crippen molar-refractivity contribution in [1.82, 2.24) is 0 Å². The zero-order valence-corrected chi connectivity index (χ0v) is 17.6. The Labute approximate surface area is 172 Å². The molecule has 5 nitrogen and oxygen atoms in total. The summed E-state index contributed by atoms with van der Waals surface area (Å²) in [5, 5.41) is 0. The number of fused-ring (bicyclic) bond motifs is 6. The Morgan fingerprint density at radius 1 is 1.10 bits per heavy atom. The van der Waals surface area contributed by atoms with Crippen molar-refractivity contribution in [3.05, 3.63) is 12.2 Å². The minimum absolute atomic E-state index is 0.0263. The van der Waals surface area contributed by atoms with Gasteiger partial charge < -0.3 is 18.9 Å². The van der Waals surface area contributed by atoms with E-state index in [2.05, 4.69) is 32.9 Å². The smallest absolute Gasteiger partial charge is 0.196 e. The van der Waals surface area contributed by atoms with Crippen LogP contribution < -0.4 is 0 Å². The van der Waals surface area contributed by atoms with Gasteiger partial charge in [0.1, 0.15) is 17.8 Å². The van der Waals surface area contributed by atoms with Crippen molar-refractivity contribution in [2.24, 2.45) is 40.4 Å². The largest absolute Gasteiger partial charge is 0.360 e. The van der Waals surface area contributed by atoms with Crippen molar-refractivity contribution < 1.29 is 23.7 Å². The maximum Gasteiger partial charge on any atom is 0.196 e. The molecule has 7 rings (SSSR count). The number of carbonyl (C=O) groups is 1. The second-order valence-electron chi connectivity index (χ2n) is 11.3. The average molecular weight is 401 g/mol. The molecule has 29 heavy (non-hydrogen) atoms. The van der Waals surface area contributed by atoms with Crippen LogP contribution in [0.25, 0.3) is 0 Å². The van der Waals surface area contributed by atoms with Gasteiger partial charge in [-0.05, 0) is 54.8 Å². The van der Waals surface area contributed by atoms with Gasteiger partial charge in [0, 0.05) is 11.3 Å². The van der Waals surface area contributed by atoms with Gasteiger partial charge in [-0.3, -0.25) is 4.79 Å². The van der Waals surface area contributed by atoms with E-state index < -0.39 is 0 Å². The van der Waals surface area contributed by atoms with Crippen LogP contribution in [0.15, 0.2) is 12.2 Å². The Balaban J connectivity index is 1.22. The van der Waals surface area contributed by atoms with Crippen LogP contribution in [-0.4, -0.2) is 49.2 Å². The molecule has 0 aromatic carbocycles. The highest BCUT2D eigenvalue weighted by Gasteiger charge is 2.84. The van der Waals surface area contributed by atoms with Crippen molar-refractivity contribution in [2.45, 2.75) is 76.7 Å². The minimum atomic E-state index is -0.381. The van der Waals surface area contributed by atoms with Crippen molar-refractivity contribution in [2.75, 3.05) is 13.2 Å². The molecule has 0 radical (unpaired) electrons. The molecule has 3 saturated heterocycles. The van der Waals surface area contributed by atoms with Crippen LogP contribution in [0.4, 0.5) is 0 Å². The third kappa shape index (κ3) is 1.91. The van der Waals surface area contributed by atoms with Gasteiger partial charge in [0.05, 0.1) is 13.2 Å². The molecule has 0 N–H and O–H groups in total. The topological polar surface area (TPSA) is 60.6 Å². The number of ketones is 1. The number of epoxide rings is 2. The first-order valence-electron chi connectivity index (χ1n) is 11.7. The van der Waals surface area contributed by atoms with Crippen LogP contribution in [-0.2, 0) is 23.7 Å². The van der Waals surface area contributed by atoms with Gasteiger partial charge in [0.2, 0.25) is 0 Å². The number of hydrogen-bond donors (Lipinski definition) is 0. The molecule has 0 aromatic rings. The highest BCUT2D eigenvalue weighted by Crippen LogP contribution is 2.74. The van der Waals surface area contributed by atoms with Crippen molar-refractivity contribution in [3.63, 3.8) is 0 Å². The zero-order valence-electron chi connectivity index (χ0n) is 17.6. The standard InChI is InChI=1S/C24H32O5/c1-12(21-26-10-11-27-21)14-4-5-15-13-6-9-24-19(29-24)17(25)18-20(28-18)23(24,3)16(13)7-8-22(14,15)2/h6,9,12-16,18-21H,4-5,7-8,10-11H2,1-3H3/t12?,13-,14+,15-,16-,18-,19+,20-,22+,23-,24+/m0/s1. The summed E-state index contributed by atoms with van der Waals surface area (Å²) in [4.78, 5) is 12.5. The predicted octanol–water partition coefficient (Wildman–Crippen LogP) is 3.12. The van der Waals surface area contributed by atoms with Gasteiger partial charge in [-0.2, -0.15) is 0 Å². The molecule has 4 aliphatic carbocycles. The van der Waals surface area contributed by atoms with Crippen LogP contribution in [0.5, 0.6) is 0 Å². The molecule has 7 aliphatic rings. The number of Topliss-reactive ketones (excluding diaryl/α,β-unsaturated/α-hetero) is 1. The highest BCUT2D eigenvalue weighted by molar-refractivity contribution is 5.96. The lowest BCUT2D eigenvalue weighted by atomic mass is 9.46. The molecule has 158 valence electrons. The fraction of sp³-hybridized carbons (Fsp3) is 0.875. The summed E-state index contributed by atoms with van der Waals surface area (Å²) in [5.74, 6) is 3.08. The SMILES string of the molecule is CC(C1OCCO1)[C@H]1CC[C@H]2[C@@H]3C=C[C@@]45O[C@@H]4C(=O)[C@@H]4O[C@@H]4[C@]5(C)[C@H]3CC[C@]12C. The van der Waals surface area contributed by atoms with E-state index in [9.17, 15) is 4.79 Å². The van der Waals surface area contributed by atoms with E-state index in [1.807, 2.05) is 0 Å². The van der Waals surface area contributed by atoms with E-state index in [4.69, 9.17) is 18.9 Å². The van der Waals surface area contributed by atoms with E-state index in [0.717, 1.165) is 13.2 Å². The highest BCUT2D eigenvalue weighted by atomic mass is 16.7. The van der Waals surface area contributed by atoms with Crippen molar-refractivity contribution in [1.29, 1.82) is 0 Å². The normalized spacial score (nSPS) is 60.7. The molecule has 1 unspecified atom stereocenters. The molecule has 5 heteroatoms. The maximum absolute atomic E-state index is 12.5.